The Bertz CT molecular complexity index is 726. The maximum atomic E-state index is 12.0. The van der Waals surface area contributed by atoms with Crippen LogP contribution < -0.4 is 0 Å². The number of nitrogens with one attached hydrogen (secondary N) is 2. The lowest BCUT2D eigenvalue weighted by Gasteiger charge is -2.03. The third kappa shape index (κ3) is 2.48. The zero-order valence-electron chi connectivity index (χ0n) is 10.6. The van der Waals surface area contributed by atoms with E-state index in [-0.39, 0.29) is 18.3 Å². The molecule has 2 aromatic heterocycles. The van der Waals surface area contributed by atoms with Gasteiger partial charge in [0.2, 0.25) is 0 Å². The number of hydrogen-bond acceptors (Lipinski definition) is 4. The fourth-order valence-corrected chi connectivity index (χ4v) is 2.84. The van der Waals surface area contributed by atoms with E-state index >= 15 is 0 Å². The molecule has 2 heterocycles. The van der Waals surface area contributed by atoms with Gasteiger partial charge in [-0.3, -0.25) is 0 Å². The predicted molar refractivity (Wildman–Crippen MR) is 79.7 cm³/mol. The first-order chi connectivity index (χ1) is 9.74. The monoisotopic (exact) mass is 284 g/mol. The van der Waals surface area contributed by atoms with Crippen molar-refractivity contribution in [1.29, 1.82) is 5.41 Å². The van der Waals surface area contributed by atoms with Gasteiger partial charge in [-0.1, -0.05) is 18.2 Å². The number of aromatic nitrogens is 1. The predicted octanol–water partition coefficient (Wildman–Crippen LogP) is 3.45. The van der Waals surface area contributed by atoms with Gasteiger partial charge in [0.15, 0.2) is 0 Å². The molecule has 0 fully saturated rings. The van der Waals surface area contributed by atoms with Crippen molar-refractivity contribution in [3.8, 4) is 0 Å². The first kappa shape index (κ1) is 12.6. The van der Waals surface area contributed by atoms with Crippen molar-refractivity contribution in [3.05, 3.63) is 59.2 Å². The molecule has 100 valence electrons. The van der Waals surface area contributed by atoms with E-state index in [9.17, 15) is 4.79 Å². The van der Waals surface area contributed by atoms with Crippen LogP contribution in [-0.4, -0.2) is 23.3 Å². The number of carbonyl (C=O) groups excluding carboxylic acids is 1. The first-order valence-corrected chi connectivity index (χ1v) is 6.92. The summed E-state index contributed by atoms with van der Waals surface area (Å²) in [6, 6.07) is 11.4. The number of aromatic amines is 1. The standard InChI is InChI=1S/C15H12N2O2S/c16-12(11-5-6-17-8-11)9-19-15(18)14-7-10-3-1-2-4-13(10)20-14/h1-8,16-17H,9H2. The molecule has 0 saturated heterocycles. The highest BCUT2D eigenvalue weighted by Crippen LogP contribution is 2.25. The van der Waals surface area contributed by atoms with E-state index in [4.69, 9.17) is 10.1 Å². The molecule has 0 saturated carbocycles. The summed E-state index contributed by atoms with van der Waals surface area (Å²) in [5.41, 5.74) is 1.01. The number of esters is 1. The van der Waals surface area contributed by atoms with Crippen LogP contribution in [0.5, 0.6) is 0 Å². The van der Waals surface area contributed by atoms with Crippen molar-refractivity contribution in [2.75, 3.05) is 6.61 Å². The third-order valence-electron chi connectivity index (χ3n) is 2.92. The average molecular weight is 284 g/mol. The summed E-state index contributed by atoms with van der Waals surface area (Å²) < 4.78 is 6.23. The van der Waals surface area contributed by atoms with Crippen LogP contribution in [0, 0.1) is 5.41 Å². The molecule has 0 radical (unpaired) electrons. The highest BCUT2D eigenvalue weighted by molar-refractivity contribution is 7.20. The molecule has 0 bridgehead atoms. The minimum atomic E-state index is -0.383. The lowest BCUT2D eigenvalue weighted by molar-refractivity contribution is 0.0569. The maximum Gasteiger partial charge on any atom is 0.348 e. The van der Waals surface area contributed by atoms with Crippen LogP contribution in [0.2, 0.25) is 0 Å². The smallest absolute Gasteiger partial charge is 0.348 e. The van der Waals surface area contributed by atoms with Crippen molar-refractivity contribution in [2.45, 2.75) is 0 Å². The van der Waals surface area contributed by atoms with Gasteiger partial charge in [-0.25, -0.2) is 4.79 Å². The summed E-state index contributed by atoms with van der Waals surface area (Å²) in [5, 5.41) is 8.85. The molecule has 0 aliphatic rings. The lowest BCUT2D eigenvalue weighted by Crippen LogP contribution is -2.12. The second-order valence-electron chi connectivity index (χ2n) is 4.30. The lowest BCUT2D eigenvalue weighted by atomic mass is 10.2. The summed E-state index contributed by atoms with van der Waals surface area (Å²) in [5.74, 6) is -0.383. The zero-order chi connectivity index (χ0) is 13.9. The molecule has 0 aliphatic heterocycles. The highest BCUT2D eigenvalue weighted by Gasteiger charge is 2.13. The van der Waals surface area contributed by atoms with Crippen molar-refractivity contribution in [3.63, 3.8) is 0 Å². The zero-order valence-corrected chi connectivity index (χ0v) is 11.4. The van der Waals surface area contributed by atoms with Gasteiger partial charge >= 0.3 is 5.97 Å². The first-order valence-electron chi connectivity index (χ1n) is 6.10. The summed E-state index contributed by atoms with van der Waals surface area (Å²) in [6.07, 6.45) is 3.44. The Morgan fingerprint density at radius 3 is 2.90 bits per heavy atom. The molecule has 4 nitrogen and oxygen atoms in total. The number of benzene rings is 1. The van der Waals surface area contributed by atoms with Crippen LogP contribution in [0.4, 0.5) is 0 Å². The Hall–Kier alpha value is -2.40. The van der Waals surface area contributed by atoms with Crippen molar-refractivity contribution in [2.24, 2.45) is 0 Å². The van der Waals surface area contributed by atoms with Gasteiger partial charge in [-0.15, -0.1) is 11.3 Å². The number of H-pyrrole nitrogens is 1. The SMILES string of the molecule is N=C(COC(=O)c1cc2ccccc2s1)c1cc[nH]c1. The molecule has 2 N–H and O–H groups in total. The molecule has 0 unspecified atom stereocenters. The second-order valence-corrected chi connectivity index (χ2v) is 5.39. The molecule has 0 spiro atoms. The van der Waals surface area contributed by atoms with Crippen LogP contribution in [0.1, 0.15) is 15.2 Å². The number of carbonyl (C=O) groups is 1. The quantitative estimate of drug-likeness (QED) is 0.569. The average Bonchev–Trinajstić information content (AvgIpc) is 3.12. The molecule has 3 aromatic rings. The molecule has 0 aliphatic carbocycles. The third-order valence-corrected chi connectivity index (χ3v) is 4.02. The van der Waals surface area contributed by atoms with E-state index in [1.807, 2.05) is 30.3 Å². The molecule has 20 heavy (non-hydrogen) atoms. The van der Waals surface area contributed by atoms with Crippen LogP contribution in [-0.2, 0) is 4.74 Å². The molecule has 1 aromatic carbocycles. The van der Waals surface area contributed by atoms with Gasteiger partial charge in [-0.2, -0.15) is 0 Å². The fourth-order valence-electron chi connectivity index (χ4n) is 1.89. The molecule has 0 amide bonds. The van der Waals surface area contributed by atoms with E-state index in [0.717, 1.165) is 15.6 Å². The second kappa shape index (κ2) is 5.30. The Labute approximate surface area is 119 Å². The van der Waals surface area contributed by atoms with Crippen LogP contribution >= 0.6 is 11.3 Å². The van der Waals surface area contributed by atoms with E-state index in [2.05, 4.69) is 4.98 Å². The van der Waals surface area contributed by atoms with E-state index in [1.54, 1.807) is 18.5 Å². The van der Waals surface area contributed by atoms with Crippen LogP contribution in [0.3, 0.4) is 0 Å². The fraction of sp³-hybridized carbons (Fsp3) is 0.0667. The molecule has 0 atom stereocenters. The van der Waals surface area contributed by atoms with Gasteiger partial charge in [0.25, 0.3) is 0 Å². The van der Waals surface area contributed by atoms with E-state index in [0.29, 0.717) is 4.88 Å². The Morgan fingerprint density at radius 1 is 1.30 bits per heavy atom. The van der Waals surface area contributed by atoms with Gasteiger partial charge in [0.1, 0.15) is 11.5 Å². The van der Waals surface area contributed by atoms with Crippen molar-refractivity contribution >= 4 is 33.1 Å². The number of rotatable bonds is 4. The van der Waals surface area contributed by atoms with Gasteiger partial charge in [0.05, 0.1) is 5.71 Å². The minimum Gasteiger partial charge on any atom is -0.455 e. The van der Waals surface area contributed by atoms with Gasteiger partial charge in [-0.05, 0) is 23.6 Å². The largest absolute Gasteiger partial charge is 0.455 e. The topological polar surface area (TPSA) is 65.9 Å². The number of hydrogen-bond donors (Lipinski definition) is 2. The van der Waals surface area contributed by atoms with Crippen molar-refractivity contribution < 1.29 is 9.53 Å². The van der Waals surface area contributed by atoms with Crippen molar-refractivity contribution in [1.82, 2.24) is 4.98 Å². The molecular formula is C15H12N2O2S. The summed E-state index contributed by atoms with van der Waals surface area (Å²) >= 11 is 1.40. The normalized spacial score (nSPS) is 10.6. The summed E-state index contributed by atoms with van der Waals surface area (Å²) in [6.45, 7) is -0.0229. The number of ether oxygens (including phenoxy) is 1. The molecular weight excluding hydrogens is 272 g/mol. The number of fused-ring (bicyclic) bond motifs is 1. The van der Waals surface area contributed by atoms with Gasteiger partial charge in [0, 0.05) is 22.7 Å². The highest BCUT2D eigenvalue weighted by atomic mass is 32.1. The molecule has 3 rings (SSSR count). The Balaban J connectivity index is 1.68. The molecule has 5 heteroatoms. The summed E-state index contributed by atoms with van der Waals surface area (Å²) in [7, 11) is 0. The Morgan fingerprint density at radius 2 is 2.15 bits per heavy atom. The van der Waals surface area contributed by atoms with E-state index in [1.165, 1.54) is 11.3 Å². The van der Waals surface area contributed by atoms with E-state index < -0.39 is 0 Å². The minimum absolute atomic E-state index is 0.0229. The Kier molecular flexibility index (Phi) is 3.35. The maximum absolute atomic E-state index is 12.0. The van der Waals surface area contributed by atoms with Crippen LogP contribution in [0.15, 0.2) is 48.8 Å². The number of thiophene rings is 1. The van der Waals surface area contributed by atoms with Gasteiger partial charge < -0.3 is 15.1 Å². The van der Waals surface area contributed by atoms with Crippen LogP contribution in [0.25, 0.3) is 10.1 Å². The summed E-state index contributed by atoms with van der Waals surface area (Å²) in [4.78, 5) is 15.4.